The average molecular weight is 513 g/mol. The number of benzene rings is 2. The van der Waals surface area contributed by atoms with Crippen LogP contribution in [0.3, 0.4) is 0 Å². The van der Waals surface area contributed by atoms with Crippen LogP contribution in [0.1, 0.15) is 39.7 Å². The maximum atomic E-state index is 13.1. The van der Waals surface area contributed by atoms with Crippen molar-refractivity contribution in [3.8, 4) is 17.1 Å². The summed E-state index contributed by atoms with van der Waals surface area (Å²) in [6, 6.07) is 18.0. The van der Waals surface area contributed by atoms with Crippen molar-refractivity contribution in [2.45, 2.75) is 50.7 Å². The minimum Gasteiger partial charge on any atom is -0.338 e. The Labute approximate surface area is 211 Å². The molecule has 0 radical (unpaired) electrons. The number of carbonyl (C=O) groups excluding carboxylic acids is 1. The second-order valence-corrected chi connectivity index (χ2v) is 13.0. The lowest BCUT2D eigenvalue weighted by molar-refractivity contribution is -0.129. The molecule has 0 saturated carbocycles. The lowest BCUT2D eigenvalue weighted by atomic mass is 9.87. The fraction of sp³-hybridized carbons (Fsp3) is 0.423. The van der Waals surface area contributed by atoms with E-state index in [0.29, 0.717) is 23.9 Å². The van der Waals surface area contributed by atoms with Crippen molar-refractivity contribution in [2.24, 2.45) is 0 Å². The zero-order chi connectivity index (χ0) is 25.2. The Morgan fingerprint density at radius 1 is 1.09 bits per heavy atom. The number of amides is 1. The van der Waals surface area contributed by atoms with Crippen LogP contribution in [0.2, 0.25) is 0 Å². The van der Waals surface area contributed by atoms with E-state index in [2.05, 4.69) is 55.2 Å². The highest BCUT2D eigenvalue weighted by atomic mass is 32.2. The SMILES string of the molecule is CCN(C(=O)CSc1nnc(-c2ccc(C(C)(C)C)cc2)n1-c1ccccc1)[C@H]1CCS(=O)(=O)C1. The van der Waals surface area contributed by atoms with E-state index < -0.39 is 9.84 Å². The van der Waals surface area contributed by atoms with E-state index in [1.807, 2.05) is 41.8 Å². The monoisotopic (exact) mass is 512 g/mol. The molecule has 2 heterocycles. The number of nitrogens with zero attached hydrogens (tertiary/aromatic N) is 4. The van der Waals surface area contributed by atoms with Gasteiger partial charge in [-0.2, -0.15) is 0 Å². The molecule has 9 heteroatoms. The number of para-hydroxylation sites is 1. The van der Waals surface area contributed by atoms with Crippen LogP contribution in [0.4, 0.5) is 0 Å². The molecule has 1 aliphatic heterocycles. The standard InChI is InChI=1S/C26H32N4O3S2/c1-5-29(22-15-16-35(32,33)18-22)23(31)17-34-25-28-27-24(30(25)21-9-7-6-8-10-21)19-11-13-20(14-12-19)26(2,3)4/h6-14,22H,5,15-18H2,1-4H3/t22-/m0/s1. The van der Waals surface area contributed by atoms with Crippen LogP contribution in [0.15, 0.2) is 59.8 Å². The molecule has 1 aliphatic rings. The lowest BCUT2D eigenvalue weighted by Gasteiger charge is -2.26. The van der Waals surface area contributed by atoms with Crippen LogP contribution in [0, 0.1) is 0 Å². The minimum absolute atomic E-state index is 0.0478. The molecule has 1 fully saturated rings. The normalized spacial score (nSPS) is 17.4. The second kappa shape index (κ2) is 10.1. The Bertz CT molecular complexity index is 1280. The van der Waals surface area contributed by atoms with Crippen molar-refractivity contribution in [3.63, 3.8) is 0 Å². The third-order valence-electron chi connectivity index (χ3n) is 6.29. The van der Waals surface area contributed by atoms with E-state index >= 15 is 0 Å². The predicted molar refractivity (Wildman–Crippen MR) is 141 cm³/mol. The van der Waals surface area contributed by atoms with Gasteiger partial charge in [0, 0.05) is 23.8 Å². The first-order valence-electron chi connectivity index (χ1n) is 11.8. The quantitative estimate of drug-likeness (QED) is 0.437. The smallest absolute Gasteiger partial charge is 0.233 e. The van der Waals surface area contributed by atoms with Gasteiger partial charge in [0.15, 0.2) is 20.8 Å². The first kappa shape index (κ1) is 25.4. The van der Waals surface area contributed by atoms with Gasteiger partial charge in [-0.25, -0.2) is 8.42 Å². The lowest BCUT2D eigenvalue weighted by Crippen LogP contribution is -2.42. The second-order valence-electron chi connectivity index (χ2n) is 9.83. The van der Waals surface area contributed by atoms with Crippen LogP contribution >= 0.6 is 11.8 Å². The Kier molecular flexibility index (Phi) is 7.38. The molecular weight excluding hydrogens is 480 g/mol. The zero-order valence-electron chi connectivity index (χ0n) is 20.6. The van der Waals surface area contributed by atoms with E-state index in [4.69, 9.17) is 0 Å². The molecule has 1 atom stereocenters. The first-order valence-corrected chi connectivity index (χ1v) is 14.6. The number of hydrogen-bond donors (Lipinski definition) is 0. The van der Waals surface area contributed by atoms with E-state index in [0.717, 1.165) is 11.3 Å². The summed E-state index contributed by atoms with van der Waals surface area (Å²) in [6.45, 7) is 8.91. The highest BCUT2D eigenvalue weighted by molar-refractivity contribution is 7.99. The maximum Gasteiger partial charge on any atom is 0.233 e. The van der Waals surface area contributed by atoms with Gasteiger partial charge in [-0.1, -0.05) is 75.0 Å². The number of carbonyl (C=O) groups is 1. The van der Waals surface area contributed by atoms with E-state index in [1.165, 1.54) is 17.3 Å². The van der Waals surface area contributed by atoms with Crippen molar-refractivity contribution in [1.29, 1.82) is 0 Å². The maximum absolute atomic E-state index is 13.1. The largest absolute Gasteiger partial charge is 0.338 e. The van der Waals surface area contributed by atoms with Crippen LogP contribution in [0.25, 0.3) is 17.1 Å². The number of thioether (sulfide) groups is 1. The van der Waals surface area contributed by atoms with Crippen LogP contribution < -0.4 is 0 Å². The number of sulfone groups is 1. The summed E-state index contributed by atoms with van der Waals surface area (Å²) >= 11 is 1.32. The third-order valence-corrected chi connectivity index (χ3v) is 8.96. The van der Waals surface area contributed by atoms with Gasteiger partial charge in [0.2, 0.25) is 5.91 Å². The summed E-state index contributed by atoms with van der Waals surface area (Å²) in [5.74, 6) is 0.984. The van der Waals surface area contributed by atoms with Gasteiger partial charge in [-0.3, -0.25) is 9.36 Å². The molecule has 0 spiro atoms. The van der Waals surface area contributed by atoms with Gasteiger partial charge in [0.05, 0.1) is 17.3 Å². The van der Waals surface area contributed by atoms with Crippen molar-refractivity contribution < 1.29 is 13.2 Å². The molecule has 186 valence electrons. The number of hydrogen-bond acceptors (Lipinski definition) is 6. The van der Waals surface area contributed by atoms with E-state index in [9.17, 15) is 13.2 Å². The van der Waals surface area contributed by atoms with Crippen molar-refractivity contribution >= 4 is 27.5 Å². The molecule has 35 heavy (non-hydrogen) atoms. The molecule has 7 nitrogen and oxygen atoms in total. The molecule has 0 unspecified atom stereocenters. The van der Waals surface area contributed by atoms with Crippen molar-refractivity contribution in [2.75, 3.05) is 23.8 Å². The Morgan fingerprint density at radius 2 is 1.77 bits per heavy atom. The van der Waals surface area contributed by atoms with Crippen molar-refractivity contribution in [1.82, 2.24) is 19.7 Å². The molecule has 0 aliphatic carbocycles. The van der Waals surface area contributed by atoms with Crippen LogP contribution in [-0.4, -0.2) is 63.8 Å². The fourth-order valence-electron chi connectivity index (χ4n) is 4.35. The molecule has 1 amide bonds. The third kappa shape index (κ3) is 5.78. The van der Waals surface area contributed by atoms with Gasteiger partial charge >= 0.3 is 0 Å². The Hall–Kier alpha value is -2.65. The number of rotatable bonds is 7. The minimum atomic E-state index is -3.06. The van der Waals surface area contributed by atoms with Crippen molar-refractivity contribution in [3.05, 3.63) is 60.2 Å². The highest BCUT2D eigenvalue weighted by Gasteiger charge is 2.34. The summed E-state index contributed by atoms with van der Waals surface area (Å²) in [5.41, 5.74) is 3.15. The molecule has 3 aromatic rings. The average Bonchev–Trinajstić information content (AvgIpc) is 3.41. The Morgan fingerprint density at radius 3 is 2.34 bits per heavy atom. The van der Waals surface area contributed by atoms with Gasteiger partial charge in [0.25, 0.3) is 0 Å². The molecule has 0 N–H and O–H groups in total. The van der Waals surface area contributed by atoms with E-state index in [-0.39, 0.29) is 34.6 Å². The summed E-state index contributed by atoms with van der Waals surface area (Å²) in [7, 11) is -3.06. The summed E-state index contributed by atoms with van der Waals surface area (Å²) in [5, 5.41) is 9.53. The number of aromatic nitrogens is 3. The zero-order valence-corrected chi connectivity index (χ0v) is 22.3. The summed E-state index contributed by atoms with van der Waals surface area (Å²) < 4.78 is 25.8. The summed E-state index contributed by atoms with van der Waals surface area (Å²) in [4.78, 5) is 14.7. The molecule has 1 saturated heterocycles. The van der Waals surface area contributed by atoms with Gasteiger partial charge in [-0.05, 0) is 36.5 Å². The van der Waals surface area contributed by atoms with Crippen LogP contribution in [0.5, 0.6) is 0 Å². The molecule has 0 bridgehead atoms. The van der Waals surface area contributed by atoms with Gasteiger partial charge in [0.1, 0.15) is 0 Å². The first-order chi connectivity index (χ1) is 16.6. The molecular formula is C26H32N4O3S2. The molecule has 2 aromatic carbocycles. The highest BCUT2D eigenvalue weighted by Crippen LogP contribution is 2.30. The predicted octanol–water partition coefficient (Wildman–Crippen LogP) is 4.36. The van der Waals surface area contributed by atoms with Crippen LogP contribution in [-0.2, 0) is 20.0 Å². The molecule has 4 rings (SSSR count). The fourth-order valence-corrected chi connectivity index (χ4v) is 6.92. The topological polar surface area (TPSA) is 85.2 Å². The van der Waals surface area contributed by atoms with E-state index in [1.54, 1.807) is 4.90 Å². The molecule has 1 aromatic heterocycles. The van der Waals surface area contributed by atoms with Gasteiger partial charge < -0.3 is 4.90 Å². The van der Waals surface area contributed by atoms with Gasteiger partial charge in [-0.15, -0.1) is 10.2 Å². The Balaban J connectivity index is 1.60. The summed E-state index contributed by atoms with van der Waals surface area (Å²) in [6.07, 6.45) is 0.501.